The Balaban J connectivity index is 1.49. The van der Waals surface area contributed by atoms with Crippen LogP contribution in [0.1, 0.15) is 18.9 Å². The van der Waals surface area contributed by atoms with E-state index in [0.717, 1.165) is 23.3 Å². The molecule has 138 valence electrons. The molecule has 8 nitrogen and oxygen atoms in total. The molecule has 2 N–H and O–H groups in total. The number of pyridine rings is 1. The smallest absolute Gasteiger partial charge is 0.340 e. The van der Waals surface area contributed by atoms with E-state index < -0.39 is 0 Å². The minimum absolute atomic E-state index is 0.0842. The molecule has 27 heavy (non-hydrogen) atoms. The Morgan fingerprint density at radius 3 is 2.70 bits per heavy atom. The van der Waals surface area contributed by atoms with Crippen molar-refractivity contribution in [3.8, 4) is 17.1 Å². The molecule has 0 saturated carbocycles. The molecule has 0 spiro atoms. The summed E-state index contributed by atoms with van der Waals surface area (Å²) in [5.41, 5.74) is 6.69. The van der Waals surface area contributed by atoms with Crippen LogP contribution in [0.15, 0.2) is 59.4 Å². The summed E-state index contributed by atoms with van der Waals surface area (Å²) in [4.78, 5) is 20.0. The van der Waals surface area contributed by atoms with Gasteiger partial charge in [-0.25, -0.2) is 5.43 Å². The maximum absolute atomic E-state index is 11.9. The Morgan fingerprint density at radius 2 is 1.96 bits per heavy atom. The van der Waals surface area contributed by atoms with Crippen LogP contribution in [0, 0.1) is 0 Å². The average Bonchev–Trinajstić information content (AvgIpc) is 3.20. The summed E-state index contributed by atoms with van der Waals surface area (Å²) in [6.07, 6.45) is 7.31. The molecule has 3 rings (SSSR count). The number of ether oxygens (including phenoxy) is 1. The SMILES string of the molecule is CCCOc1ccc(C=CC(=O)NNc2nc(-c3ccncc3)no2)cc1. The number of carbonyl (C=O) groups is 1. The number of nitrogens with zero attached hydrogens (tertiary/aromatic N) is 3. The Hall–Kier alpha value is -3.68. The highest BCUT2D eigenvalue weighted by atomic mass is 16.5. The van der Waals surface area contributed by atoms with E-state index in [1.54, 1.807) is 30.6 Å². The predicted octanol–water partition coefficient (Wildman–Crippen LogP) is 3.08. The monoisotopic (exact) mass is 365 g/mol. The summed E-state index contributed by atoms with van der Waals surface area (Å²) in [7, 11) is 0. The van der Waals surface area contributed by atoms with Crippen molar-refractivity contribution in [2.45, 2.75) is 13.3 Å². The first-order valence-corrected chi connectivity index (χ1v) is 8.45. The Bertz CT molecular complexity index is 891. The fourth-order valence-electron chi connectivity index (χ4n) is 2.12. The number of hydrogen-bond donors (Lipinski definition) is 2. The van der Waals surface area contributed by atoms with Crippen molar-refractivity contribution < 1.29 is 14.1 Å². The zero-order valence-corrected chi connectivity index (χ0v) is 14.8. The lowest BCUT2D eigenvalue weighted by molar-refractivity contribution is -0.116. The number of aromatic nitrogens is 3. The molecule has 0 fully saturated rings. The molecule has 3 aromatic rings. The van der Waals surface area contributed by atoms with Gasteiger partial charge in [-0.1, -0.05) is 24.2 Å². The maximum atomic E-state index is 11.9. The van der Waals surface area contributed by atoms with Crippen molar-refractivity contribution in [1.29, 1.82) is 0 Å². The van der Waals surface area contributed by atoms with Crippen molar-refractivity contribution in [2.24, 2.45) is 0 Å². The third kappa shape index (κ3) is 5.40. The standard InChI is InChI=1S/C19H19N5O3/c1-2-13-26-16-6-3-14(4-7-16)5-8-17(25)22-23-19-21-18(24-27-19)15-9-11-20-12-10-15/h3-12H,2,13H2,1H3,(H,22,25)(H,21,23,24). The van der Waals surface area contributed by atoms with Gasteiger partial charge >= 0.3 is 6.01 Å². The summed E-state index contributed by atoms with van der Waals surface area (Å²) < 4.78 is 10.5. The Morgan fingerprint density at radius 1 is 1.19 bits per heavy atom. The van der Waals surface area contributed by atoms with Crippen LogP contribution in [0.2, 0.25) is 0 Å². The first-order chi connectivity index (χ1) is 13.2. The minimum Gasteiger partial charge on any atom is -0.494 e. The van der Waals surface area contributed by atoms with Gasteiger partial charge in [-0.2, -0.15) is 4.98 Å². The first-order valence-electron chi connectivity index (χ1n) is 8.45. The highest BCUT2D eigenvalue weighted by molar-refractivity contribution is 5.92. The second-order valence-corrected chi connectivity index (χ2v) is 5.52. The summed E-state index contributed by atoms with van der Waals surface area (Å²) >= 11 is 0. The molecule has 0 bridgehead atoms. The van der Waals surface area contributed by atoms with Crippen LogP contribution >= 0.6 is 0 Å². The molecule has 0 aliphatic heterocycles. The molecule has 2 heterocycles. The second-order valence-electron chi connectivity index (χ2n) is 5.52. The van der Waals surface area contributed by atoms with E-state index in [0.29, 0.717) is 12.4 Å². The molecule has 0 saturated heterocycles. The van der Waals surface area contributed by atoms with Gasteiger partial charge in [0.2, 0.25) is 5.82 Å². The average molecular weight is 365 g/mol. The Labute approximate surface area is 156 Å². The second kappa shape index (κ2) is 9.14. The summed E-state index contributed by atoms with van der Waals surface area (Å²) in [6.45, 7) is 2.74. The summed E-state index contributed by atoms with van der Waals surface area (Å²) in [6, 6.07) is 11.1. The number of nitrogens with one attached hydrogen (secondary N) is 2. The van der Waals surface area contributed by atoms with Crippen molar-refractivity contribution in [3.63, 3.8) is 0 Å². The normalized spacial score (nSPS) is 10.7. The number of amides is 1. The van der Waals surface area contributed by atoms with Crippen LogP contribution in [-0.2, 0) is 4.79 Å². The zero-order valence-electron chi connectivity index (χ0n) is 14.8. The molecule has 0 unspecified atom stereocenters. The molecule has 2 aromatic heterocycles. The van der Waals surface area contributed by atoms with Gasteiger partial charge in [0.25, 0.3) is 5.91 Å². The lowest BCUT2D eigenvalue weighted by atomic mass is 10.2. The quantitative estimate of drug-likeness (QED) is 0.467. The fourth-order valence-corrected chi connectivity index (χ4v) is 2.12. The van der Waals surface area contributed by atoms with E-state index >= 15 is 0 Å². The van der Waals surface area contributed by atoms with E-state index in [2.05, 4.69) is 32.9 Å². The first kappa shape index (κ1) is 18.1. The van der Waals surface area contributed by atoms with Crippen molar-refractivity contribution in [3.05, 3.63) is 60.4 Å². The molecular formula is C19H19N5O3. The fraction of sp³-hybridized carbons (Fsp3) is 0.158. The minimum atomic E-state index is -0.357. The van der Waals surface area contributed by atoms with Gasteiger partial charge in [0.1, 0.15) is 5.75 Å². The Kier molecular flexibility index (Phi) is 6.13. The lowest BCUT2D eigenvalue weighted by Crippen LogP contribution is -2.27. The molecule has 0 radical (unpaired) electrons. The van der Waals surface area contributed by atoms with Crippen LogP contribution in [0.3, 0.4) is 0 Å². The van der Waals surface area contributed by atoms with Crippen molar-refractivity contribution in [2.75, 3.05) is 12.0 Å². The number of carbonyl (C=O) groups excluding carboxylic acids is 1. The van der Waals surface area contributed by atoms with Crippen molar-refractivity contribution in [1.82, 2.24) is 20.6 Å². The van der Waals surface area contributed by atoms with E-state index in [1.807, 2.05) is 24.3 Å². The number of hydrogen-bond acceptors (Lipinski definition) is 7. The third-order valence-electron chi connectivity index (χ3n) is 3.44. The molecular weight excluding hydrogens is 346 g/mol. The molecule has 0 aliphatic rings. The topological polar surface area (TPSA) is 102 Å². The lowest BCUT2D eigenvalue weighted by Gasteiger charge is -2.04. The van der Waals surface area contributed by atoms with Gasteiger partial charge in [0.15, 0.2) is 0 Å². The van der Waals surface area contributed by atoms with Gasteiger partial charge in [0.05, 0.1) is 6.61 Å². The maximum Gasteiger partial charge on any atom is 0.340 e. The predicted molar refractivity (Wildman–Crippen MR) is 101 cm³/mol. The molecule has 8 heteroatoms. The third-order valence-corrected chi connectivity index (χ3v) is 3.44. The highest BCUT2D eigenvalue weighted by Crippen LogP contribution is 2.16. The van der Waals surface area contributed by atoms with Crippen LogP contribution < -0.4 is 15.6 Å². The molecule has 0 aliphatic carbocycles. The molecule has 1 aromatic carbocycles. The summed E-state index contributed by atoms with van der Waals surface area (Å²) in [5, 5.41) is 3.83. The van der Waals surface area contributed by atoms with E-state index in [4.69, 9.17) is 9.26 Å². The van der Waals surface area contributed by atoms with Crippen LogP contribution in [0.4, 0.5) is 6.01 Å². The van der Waals surface area contributed by atoms with Crippen molar-refractivity contribution >= 4 is 18.0 Å². The molecule has 1 amide bonds. The van der Waals surface area contributed by atoms with Gasteiger partial charge in [-0.3, -0.25) is 15.2 Å². The molecule has 0 atom stereocenters. The van der Waals surface area contributed by atoms with E-state index in [1.165, 1.54) is 6.08 Å². The number of rotatable bonds is 8. The van der Waals surface area contributed by atoms with Crippen LogP contribution in [0.5, 0.6) is 5.75 Å². The number of benzene rings is 1. The van der Waals surface area contributed by atoms with Gasteiger partial charge in [-0.05, 0) is 42.3 Å². The van der Waals surface area contributed by atoms with E-state index in [-0.39, 0.29) is 11.9 Å². The van der Waals surface area contributed by atoms with Crippen LogP contribution in [0.25, 0.3) is 17.5 Å². The van der Waals surface area contributed by atoms with Gasteiger partial charge in [-0.15, -0.1) is 0 Å². The number of hydrazine groups is 1. The highest BCUT2D eigenvalue weighted by Gasteiger charge is 2.08. The van der Waals surface area contributed by atoms with E-state index in [9.17, 15) is 4.79 Å². The number of anilines is 1. The van der Waals surface area contributed by atoms with Gasteiger partial charge in [0, 0.05) is 24.0 Å². The van der Waals surface area contributed by atoms with Gasteiger partial charge < -0.3 is 9.26 Å². The summed E-state index contributed by atoms with van der Waals surface area (Å²) in [5.74, 6) is 0.849. The van der Waals surface area contributed by atoms with Crippen LogP contribution in [-0.4, -0.2) is 27.6 Å². The zero-order chi connectivity index (χ0) is 18.9. The largest absolute Gasteiger partial charge is 0.494 e.